The molecular weight excluding hydrogens is 264 g/mol. The molecule has 0 spiro atoms. The van der Waals surface area contributed by atoms with Crippen LogP contribution < -0.4 is 10.6 Å². The van der Waals surface area contributed by atoms with Crippen molar-refractivity contribution in [2.45, 2.75) is 45.6 Å². The number of methoxy groups -OCH3 is 1. The fourth-order valence-corrected chi connectivity index (χ4v) is 3.17. The fraction of sp³-hybridized carbons (Fsp3) is 0.588. The Morgan fingerprint density at radius 1 is 1.14 bits per heavy atom. The maximum absolute atomic E-state index is 11.2. The maximum atomic E-state index is 11.2. The number of carbonyl (C=O) groups excluding carboxylic acids is 1. The number of hydrogen-bond donors (Lipinski definition) is 2. The van der Waals surface area contributed by atoms with Crippen molar-refractivity contribution in [1.82, 2.24) is 0 Å². The molecule has 0 heterocycles. The molecule has 116 valence electrons. The Labute approximate surface area is 127 Å². The molecule has 4 nitrogen and oxygen atoms in total. The summed E-state index contributed by atoms with van der Waals surface area (Å²) in [4.78, 5) is 11.2. The van der Waals surface area contributed by atoms with Gasteiger partial charge < -0.3 is 10.1 Å². The Bertz CT molecular complexity index is 456. The van der Waals surface area contributed by atoms with Gasteiger partial charge in [-0.25, -0.2) is 4.79 Å². The lowest BCUT2D eigenvalue weighted by molar-refractivity contribution is 0.187. The summed E-state index contributed by atoms with van der Waals surface area (Å²) >= 11 is 0. The van der Waals surface area contributed by atoms with Gasteiger partial charge in [0.15, 0.2) is 0 Å². The highest BCUT2D eigenvalue weighted by molar-refractivity contribution is 5.84. The molecule has 0 radical (unpaired) electrons. The minimum atomic E-state index is -0.442. The molecule has 1 fully saturated rings. The van der Waals surface area contributed by atoms with Crippen molar-refractivity contribution >= 4 is 17.5 Å². The first-order valence-corrected chi connectivity index (χ1v) is 7.81. The van der Waals surface area contributed by atoms with Crippen LogP contribution >= 0.6 is 0 Å². The third kappa shape index (κ3) is 4.38. The molecule has 0 bridgehead atoms. The lowest BCUT2D eigenvalue weighted by atomic mass is 9.78. The summed E-state index contributed by atoms with van der Waals surface area (Å²) in [6.45, 7) is 4.63. The van der Waals surface area contributed by atoms with Crippen LogP contribution in [0.5, 0.6) is 0 Å². The molecule has 1 aromatic carbocycles. The van der Waals surface area contributed by atoms with E-state index in [9.17, 15) is 4.79 Å². The molecule has 4 heteroatoms. The normalized spacial score (nSPS) is 21.9. The minimum absolute atomic E-state index is 0.442. The Kier molecular flexibility index (Phi) is 5.48. The van der Waals surface area contributed by atoms with E-state index in [0.29, 0.717) is 12.0 Å². The van der Waals surface area contributed by atoms with E-state index in [1.165, 1.54) is 32.8 Å². The number of anilines is 2. The van der Waals surface area contributed by atoms with Gasteiger partial charge in [0.05, 0.1) is 7.11 Å². The van der Waals surface area contributed by atoms with Crippen LogP contribution in [0.25, 0.3) is 0 Å². The number of hydrogen-bond acceptors (Lipinski definition) is 3. The van der Waals surface area contributed by atoms with E-state index < -0.39 is 6.09 Å². The predicted octanol–water partition coefficient (Wildman–Crippen LogP) is 4.49. The van der Waals surface area contributed by atoms with Gasteiger partial charge in [-0.1, -0.05) is 26.7 Å². The van der Waals surface area contributed by atoms with Crippen molar-refractivity contribution in [2.75, 3.05) is 17.7 Å². The fourth-order valence-electron chi connectivity index (χ4n) is 3.17. The first kappa shape index (κ1) is 15.7. The van der Waals surface area contributed by atoms with Crippen molar-refractivity contribution in [3.63, 3.8) is 0 Å². The minimum Gasteiger partial charge on any atom is -0.453 e. The number of amides is 1. The summed E-state index contributed by atoms with van der Waals surface area (Å²) in [5.74, 6) is 1.45. The standard InChI is InChI=1S/C17H26N2O2/c1-12(2)15-6-4-5-7-16(15)18-13-8-10-14(11-9-13)19-17(20)21-3/h8-12,15-16,18H,4-7H2,1-3H3,(H,19,20). The summed E-state index contributed by atoms with van der Waals surface area (Å²) < 4.78 is 4.58. The van der Waals surface area contributed by atoms with Crippen LogP contribution in [-0.4, -0.2) is 19.2 Å². The van der Waals surface area contributed by atoms with Gasteiger partial charge >= 0.3 is 6.09 Å². The third-order valence-electron chi connectivity index (χ3n) is 4.34. The van der Waals surface area contributed by atoms with E-state index in [-0.39, 0.29) is 0 Å². The van der Waals surface area contributed by atoms with Crippen LogP contribution in [-0.2, 0) is 4.74 Å². The van der Waals surface area contributed by atoms with Crippen molar-refractivity contribution in [3.8, 4) is 0 Å². The van der Waals surface area contributed by atoms with Crippen LogP contribution in [0, 0.1) is 11.8 Å². The number of benzene rings is 1. The Morgan fingerprint density at radius 3 is 2.38 bits per heavy atom. The summed E-state index contributed by atoms with van der Waals surface area (Å²) in [7, 11) is 1.36. The quantitative estimate of drug-likeness (QED) is 0.859. The first-order chi connectivity index (χ1) is 10.1. The molecule has 0 aromatic heterocycles. The molecule has 2 N–H and O–H groups in total. The van der Waals surface area contributed by atoms with Gasteiger partial charge in [-0.15, -0.1) is 0 Å². The van der Waals surface area contributed by atoms with Crippen LogP contribution in [0.15, 0.2) is 24.3 Å². The highest BCUT2D eigenvalue weighted by Crippen LogP contribution is 2.32. The van der Waals surface area contributed by atoms with Gasteiger partial charge in [0, 0.05) is 17.4 Å². The van der Waals surface area contributed by atoms with Gasteiger partial charge in [0.1, 0.15) is 0 Å². The second-order valence-corrected chi connectivity index (χ2v) is 6.14. The third-order valence-corrected chi connectivity index (χ3v) is 4.34. The summed E-state index contributed by atoms with van der Waals surface area (Å²) in [6, 6.07) is 8.37. The molecule has 0 saturated heterocycles. The van der Waals surface area contributed by atoms with Crippen molar-refractivity contribution in [3.05, 3.63) is 24.3 Å². The summed E-state index contributed by atoms with van der Waals surface area (Å²) in [5, 5.41) is 6.32. The monoisotopic (exact) mass is 290 g/mol. The molecule has 1 saturated carbocycles. The molecular formula is C17H26N2O2. The van der Waals surface area contributed by atoms with Crippen molar-refractivity contribution < 1.29 is 9.53 Å². The first-order valence-electron chi connectivity index (χ1n) is 7.81. The van der Waals surface area contributed by atoms with Crippen LogP contribution in [0.1, 0.15) is 39.5 Å². The number of ether oxygens (including phenoxy) is 1. The molecule has 2 unspecified atom stereocenters. The van der Waals surface area contributed by atoms with Gasteiger partial charge in [-0.05, 0) is 48.9 Å². The summed E-state index contributed by atoms with van der Waals surface area (Å²) in [6.07, 6.45) is 4.77. The van der Waals surface area contributed by atoms with Crippen LogP contribution in [0.4, 0.5) is 16.2 Å². The second-order valence-electron chi connectivity index (χ2n) is 6.14. The highest BCUT2D eigenvalue weighted by atomic mass is 16.5. The molecule has 0 aliphatic heterocycles. The van der Waals surface area contributed by atoms with Crippen LogP contribution in [0.3, 0.4) is 0 Å². The van der Waals surface area contributed by atoms with E-state index in [4.69, 9.17) is 0 Å². The van der Waals surface area contributed by atoms with E-state index in [1.54, 1.807) is 0 Å². The molecule has 1 aliphatic rings. The molecule has 1 amide bonds. The van der Waals surface area contributed by atoms with E-state index in [1.807, 2.05) is 24.3 Å². The Balaban J connectivity index is 1.97. The zero-order valence-corrected chi connectivity index (χ0v) is 13.2. The molecule has 1 aromatic rings. The zero-order valence-electron chi connectivity index (χ0n) is 13.2. The highest BCUT2D eigenvalue weighted by Gasteiger charge is 2.27. The predicted molar refractivity (Wildman–Crippen MR) is 86.7 cm³/mol. The SMILES string of the molecule is COC(=O)Nc1ccc(NC2CCCCC2C(C)C)cc1. The largest absolute Gasteiger partial charge is 0.453 e. The molecule has 1 aliphatic carbocycles. The van der Waals surface area contributed by atoms with Crippen molar-refractivity contribution in [2.24, 2.45) is 11.8 Å². The topological polar surface area (TPSA) is 50.4 Å². The Morgan fingerprint density at radius 2 is 1.76 bits per heavy atom. The van der Waals surface area contributed by atoms with E-state index in [0.717, 1.165) is 17.3 Å². The van der Waals surface area contributed by atoms with Gasteiger partial charge in [-0.3, -0.25) is 5.32 Å². The second kappa shape index (κ2) is 7.34. The average Bonchev–Trinajstić information content (AvgIpc) is 2.49. The van der Waals surface area contributed by atoms with Gasteiger partial charge in [0.25, 0.3) is 0 Å². The smallest absolute Gasteiger partial charge is 0.411 e. The molecule has 21 heavy (non-hydrogen) atoms. The Hall–Kier alpha value is -1.71. The summed E-state index contributed by atoms with van der Waals surface area (Å²) in [5.41, 5.74) is 1.86. The van der Waals surface area contributed by atoms with Gasteiger partial charge in [-0.2, -0.15) is 0 Å². The zero-order chi connectivity index (χ0) is 15.2. The maximum Gasteiger partial charge on any atom is 0.411 e. The molecule has 2 rings (SSSR count). The van der Waals surface area contributed by atoms with Crippen LogP contribution in [0.2, 0.25) is 0 Å². The van der Waals surface area contributed by atoms with Gasteiger partial charge in [0.2, 0.25) is 0 Å². The average molecular weight is 290 g/mol. The number of carbonyl (C=O) groups is 1. The van der Waals surface area contributed by atoms with E-state index >= 15 is 0 Å². The lowest BCUT2D eigenvalue weighted by Crippen LogP contribution is -2.35. The lowest BCUT2D eigenvalue weighted by Gasteiger charge is -2.35. The van der Waals surface area contributed by atoms with E-state index in [2.05, 4.69) is 29.2 Å². The number of nitrogens with one attached hydrogen (secondary N) is 2. The molecule has 2 atom stereocenters. The number of rotatable bonds is 4. The van der Waals surface area contributed by atoms with Crippen molar-refractivity contribution in [1.29, 1.82) is 0 Å².